The standard InChI is InChI=1S/C10H12BrNO3S/c1-3-12(5-8(13)14)10(15)7-4-6(2)9(11)16-7/h4H,3,5H2,1-2H3,(H,13,14). The molecule has 0 aromatic carbocycles. The molecular formula is C10H12BrNO3S. The van der Waals surface area contributed by atoms with Crippen LogP contribution in [0, 0.1) is 6.92 Å². The van der Waals surface area contributed by atoms with E-state index in [1.54, 1.807) is 13.0 Å². The minimum atomic E-state index is -0.998. The van der Waals surface area contributed by atoms with E-state index < -0.39 is 5.97 Å². The summed E-state index contributed by atoms with van der Waals surface area (Å²) in [6, 6.07) is 1.77. The number of hydrogen-bond acceptors (Lipinski definition) is 3. The molecule has 88 valence electrons. The molecule has 16 heavy (non-hydrogen) atoms. The van der Waals surface area contributed by atoms with Gasteiger partial charge < -0.3 is 10.0 Å². The maximum absolute atomic E-state index is 11.9. The fourth-order valence-electron chi connectivity index (χ4n) is 1.21. The van der Waals surface area contributed by atoms with Crippen LogP contribution >= 0.6 is 27.3 Å². The van der Waals surface area contributed by atoms with Crippen LogP contribution in [0.2, 0.25) is 0 Å². The predicted molar refractivity (Wildman–Crippen MR) is 66.0 cm³/mol. The Morgan fingerprint density at radius 2 is 2.19 bits per heavy atom. The summed E-state index contributed by atoms with van der Waals surface area (Å²) in [6.07, 6.45) is 0. The number of rotatable bonds is 4. The average molecular weight is 306 g/mol. The van der Waals surface area contributed by atoms with E-state index in [-0.39, 0.29) is 12.5 Å². The number of aryl methyl sites for hydroxylation is 1. The molecular weight excluding hydrogens is 294 g/mol. The lowest BCUT2D eigenvalue weighted by Gasteiger charge is -2.17. The Bertz CT molecular complexity index is 397. The summed E-state index contributed by atoms with van der Waals surface area (Å²) in [7, 11) is 0. The van der Waals surface area contributed by atoms with Gasteiger partial charge in [0.1, 0.15) is 6.54 Å². The topological polar surface area (TPSA) is 57.6 Å². The Morgan fingerprint density at radius 1 is 1.56 bits per heavy atom. The van der Waals surface area contributed by atoms with Gasteiger partial charge in [0.15, 0.2) is 0 Å². The largest absolute Gasteiger partial charge is 0.480 e. The maximum Gasteiger partial charge on any atom is 0.323 e. The first-order valence-electron chi connectivity index (χ1n) is 4.72. The van der Waals surface area contributed by atoms with Gasteiger partial charge in [-0.15, -0.1) is 11.3 Å². The highest BCUT2D eigenvalue weighted by Crippen LogP contribution is 2.28. The van der Waals surface area contributed by atoms with Gasteiger partial charge in [0.05, 0.1) is 8.66 Å². The zero-order valence-corrected chi connectivity index (χ0v) is 11.4. The molecule has 1 rings (SSSR count). The minimum absolute atomic E-state index is 0.233. The lowest BCUT2D eigenvalue weighted by molar-refractivity contribution is -0.137. The minimum Gasteiger partial charge on any atom is -0.480 e. The van der Waals surface area contributed by atoms with Gasteiger partial charge >= 0.3 is 5.97 Å². The molecule has 0 aliphatic heterocycles. The number of amides is 1. The molecule has 4 nitrogen and oxygen atoms in total. The molecule has 1 aromatic rings. The van der Waals surface area contributed by atoms with Gasteiger partial charge in [0.25, 0.3) is 5.91 Å². The van der Waals surface area contributed by atoms with E-state index >= 15 is 0 Å². The van der Waals surface area contributed by atoms with Gasteiger partial charge in [-0.25, -0.2) is 0 Å². The van der Waals surface area contributed by atoms with Crippen LogP contribution in [-0.4, -0.2) is 35.0 Å². The fraction of sp³-hybridized carbons (Fsp3) is 0.400. The highest BCUT2D eigenvalue weighted by Gasteiger charge is 2.19. The first-order chi connectivity index (χ1) is 7.45. The van der Waals surface area contributed by atoms with Crippen LogP contribution in [0.1, 0.15) is 22.2 Å². The van der Waals surface area contributed by atoms with Gasteiger partial charge in [-0.3, -0.25) is 9.59 Å². The van der Waals surface area contributed by atoms with E-state index in [2.05, 4.69) is 15.9 Å². The summed E-state index contributed by atoms with van der Waals surface area (Å²) >= 11 is 4.66. The van der Waals surface area contributed by atoms with Crippen molar-refractivity contribution in [3.05, 3.63) is 20.3 Å². The molecule has 1 amide bonds. The second-order valence-electron chi connectivity index (χ2n) is 3.28. The highest BCUT2D eigenvalue weighted by molar-refractivity contribution is 9.11. The molecule has 0 spiro atoms. The van der Waals surface area contributed by atoms with Crippen molar-refractivity contribution in [2.24, 2.45) is 0 Å². The van der Waals surface area contributed by atoms with Crippen LogP contribution in [0.5, 0.6) is 0 Å². The van der Waals surface area contributed by atoms with Crippen LogP contribution in [0.4, 0.5) is 0 Å². The fourth-order valence-corrected chi connectivity index (χ4v) is 2.71. The molecule has 0 atom stereocenters. The van der Waals surface area contributed by atoms with Gasteiger partial charge in [-0.1, -0.05) is 0 Å². The number of thiophene rings is 1. The van der Waals surface area contributed by atoms with Gasteiger partial charge in [0.2, 0.25) is 0 Å². The third-order valence-electron chi connectivity index (χ3n) is 2.06. The number of carboxylic acids is 1. The van der Waals surface area contributed by atoms with Crippen molar-refractivity contribution in [1.29, 1.82) is 0 Å². The van der Waals surface area contributed by atoms with E-state index in [0.29, 0.717) is 11.4 Å². The molecule has 6 heteroatoms. The Morgan fingerprint density at radius 3 is 2.56 bits per heavy atom. The molecule has 1 aromatic heterocycles. The van der Waals surface area contributed by atoms with Crippen LogP contribution < -0.4 is 0 Å². The van der Waals surface area contributed by atoms with Crippen molar-refractivity contribution >= 4 is 39.1 Å². The van der Waals surface area contributed by atoms with E-state index in [4.69, 9.17) is 5.11 Å². The van der Waals surface area contributed by atoms with Crippen molar-refractivity contribution in [3.8, 4) is 0 Å². The van der Waals surface area contributed by atoms with E-state index in [9.17, 15) is 9.59 Å². The Balaban J connectivity index is 2.86. The monoisotopic (exact) mass is 305 g/mol. The molecule has 1 N–H and O–H groups in total. The second kappa shape index (κ2) is 5.45. The SMILES string of the molecule is CCN(CC(=O)O)C(=O)c1cc(C)c(Br)s1. The van der Waals surface area contributed by atoms with Gasteiger partial charge in [-0.05, 0) is 41.4 Å². The molecule has 0 aliphatic carbocycles. The number of likely N-dealkylation sites (N-methyl/N-ethyl adjacent to an activating group) is 1. The summed E-state index contributed by atoms with van der Waals surface area (Å²) < 4.78 is 0.905. The second-order valence-corrected chi connectivity index (χ2v) is 5.65. The van der Waals surface area contributed by atoms with Gasteiger partial charge in [0, 0.05) is 6.54 Å². The van der Waals surface area contributed by atoms with Crippen LogP contribution in [0.25, 0.3) is 0 Å². The van der Waals surface area contributed by atoms with Crippen molar-refractivity contribution < 1.29 is 14.7 Å². The number of carbonyl (C=O) groups is 2. The molecule has 0 bridgehead atoms. The maximum atomic E-state index is 11.9. The van der Waals surface area contributed by atoms with Gasteiger partial charge in [-0.2, -0.15) is 0 Å². The van der Waals surface area contributed by atoms with Crippen LogP contribution in [-0.2, 0) is 4.79 Å². The average Bonchev–Trinajstić information content (AvgIpc) is 2.54. The van der Waals surface area contributed by atoms with Crippen molar-refractivity contribution in [2.75, 3.05) is 13.1 Å². The first kappa shape index (κ1) is 13.2. The van der Waals surface area contributed by atoms with Crippen molar-refractivity contribution in [3.63, 3.8) is 0 Å². The summed E-state index contributed by atoms with van der Waals surface area (Å²) in [4.78, 5) is 24.4. The number of carbonyl (C=O) groups excluding carboxylic acids is 1. The first-order valence-corrected chi connectivity index (χ1v) is 6.33. The van der Waals surface area contributed by atoms with Crippen LogP contribution in [0.3, 0.4) is 0 Å². The molecule has 0 aliphatic rings. The smallest absolute Gasteiger partial charge is 0.323 e. The third kappa shape index (κ3) is 3.05. The number of carboxylic acid groups (broad SMARTS) is 1. The molecule has 1 heterocycles. The quantitative estimate of drug-likeness (QED) is 0.929. The molecule has 0 fully saturated rings. The lowest BCUT2D eigenvalue weighted by Crippen LogP contribution is -2.34. The number of aliphatic carboxylic acids is 1. The zero-order chi connectivity index (χ0) is 12.3. The van der Waals surface area contributed by atoms with Crippen molar-refractivity contribution in [1.82, 2.24) is 4.90 Å². The van der Waals surface area contributed by atoms with E-state index in [1.807, 2.05) is 6.92 Å². The zero-order valence-electron chi connectivity index (χ0n) is 8.99. The predicted octanol–water partition coefficient (Wildman–Crippen LogP) is 2.37. The Labute approximate surface area is 106 Å². The summed E-state index contributed by atoms with van der Waals surface area (Å²) in [5.41, 5.74) is 0.986. The highest BCUT2D eigenvalue weighted by atomic mass is 79.9. The van der Waals surface area contributed by atoms with Crippen molar-refractivity contribution in [2.45, 2.75) is 13.8 Å². The number of hydrogen-bond donors (Lipinski definition) is 1. The molecule has 0 saturated heterocycles. The lowest BCUT2D eigenvalue weighted by atomic mass is 10.3. The summed E-state index contributed by atoms with van der Waals surface area (Å²) in [5, 5.41) is 8.67. The van der Waals surface area contributed by atoms with E-state index in [0.717, 1.165) is 9.35 Å². The molecule has 0 radical (unpaired) electrons. The molecule has 0 saturated carbocycles. The summed E-state index contributed by atoms with van der Waals surface area (Å²) in [6.45, 7) is 3.78. The summed E-state index contributed by atoms with van der Waals surface area (Å²) in [5.74, 6) is -1.23. The molecule has 0 unspecified atom stereocenters. The number of halogens is 1. The normalized spacial score (nSPS) is 10.2. The number of nitrogens with zero attached hydrogens (tertiary/aromatic N) is 1. The Hall–Kier alpha value is -0.880. The Kier molecular flexibility index (Phi) is 4.49. The van der Waals surface area contributed by atoms with E-state index in [1.165, 1.54) is 16.2 Å². The third-order valence-corrected chi connectivity index (χ3v) is 4.19. The van der Waals surface area contributed by atoms with Crippen LogP contribution in [0.15, 0.2) is 9.85 Å².